The summed E-state index contributed by atoms with van der Waals surface area (Å²) in [4.78, 5) is 0. The lowest BCUT2D eigenvalue weighted by Crippen LogP contribution is -2.33. The van der Waals surface area contributed by atoms with Gasteiger partial charge in [-0.05, 0) is 23.3 Å². The Bertz CT molecular complexity index is 539. The zero-order chi connectivity index (χ0) is 12.8. The zero-order valence-electron chi connectivity index (χ0n) is 8.21. The van der Waals surface area contributed by atoms with Gasteiger partial charge in [-0.1, -0.05) is 11.6 Å². The van der Waals surface area contributed by atoms with Crippen LogP contribution in [0.25, 0.3) is 0 Å². The third-order valence-corrected chi connectivity index (χ3v) is 3.33. The maximum Gasteiger partial charge on any atom is 0.272 e. The highest BCUT2D eigenvalue weighted by Crippen LogP contribution is 2.46. The van der Waals surface area contributed by atoms with Crippen molar-refractivity contribution in [3.05, 3.63) is 34.1 Å². The van der Waals surface area contributed by atoms with Gasteiger partial charge in [0, 0.05) is 11.4 Å². The second kappa shape index (κ2) is 4.15. The van der Waals surface area contributed by atoms with Crippen LogP contribution in [0.5, 0.6) is 0 Å². The van der Waals surface area contributed by atoms with Crippen LogP contribution in [-0.4, -0.2) is 14.3 Å². The molecule has 0 radical (unpaired) electrons. The minimum atomic E-state index is -3.31. The predicted molar refractivity (Wildman–Crippen MR) is 56.3 cm³/mol. The largest absolute Gasteiger partial charge is 0.272 e. The number of halogens is 4. The topological polar surface area (TPSA) is 46.2 Å². The molecule has 0 aromatic heterocycles. The SMILES string of the molecule is O=[SH](=O)NC1c2c(Cl)cc(F)cc2CC1(F)F. The van der Waals surface area contributed by atoms with Gasteiger partial charge in [-0.25, -0.2) is 26.3 Å². The number of hydrogen-bond acceptors (Lipinski definition) is 2. The molecule has 0 aliphatic heterocycles. The van der Waals surface area contributed by atoms with E-state index < -0.39 is 35.1 Å². The van der Waals surface area contributed by atoms with Crippen LogP contribution in [-0.2, 0) is 17.3 Å². The summed E-state index contributed by atoms with van der Waals surface area (Å²) in [6.07, 6.45) is -0.735. The highest BCUT2D eigenvalue weighted by atomic mass is 35.5. The van der Waals surface area contributed by atoms with Crippen molar-refractivity contribution in [3.63, 3.8) is 0 Å². The molecule has 0 heterocycles. The van der Waals surface area contributed by atoms with Gasteiger partial charge in [0.1, 0.15) is 11.9 Å². The molecule has 0 spiro atoms. The molecule has 17 heavy (non-hydrogen) atoms. The maximum atomic E-state index is 13.6. The summed E-state index contributed by atoms with van der Waals surface area (Å²) < 4.78 is 62.9. The molecule has 1 N–H and O–H groups in total. The van der Waals surface area contributed by atoms with Crippen LogP contribution in [0.15, 0.2) is 12.1 Å². The number of rotatable bonds is 2. The number of fused-ring (bicyclic) bond motifs is 1. The highest BCUT2D eigenvalue weighted by Gasteiger charge is 2.49. The fraction of sp³-hybridized carbons (Fsp3) is 0.333. The van der Waals surface area contributed by atoms with Gasteiger partial charge in [0.15, 0.2) is 0 Å². The summed E-state index contributed by atoms with van der Waals surface area (Å²) in [7, 11) is -3.20. The van der Waals surface area contributed by atoms with Crippen LogP contribution < -0.4 is 4.72 Å². The molecule has 0 saturated heterocycles. The molecule has 1 aliphatic rings. The molecule has 8 heteroatoms. The number of benzene rings is 1. The lowest BCUT2D eigenvalue weighted by atomic mass is 10.1. The predicted octanol–water partition coefficient (Wildman–Crippen LogP) is 1.83. The fourth-order valence-electron chi connectivity index (χ4n) is 1.94. The van der Waals surface area contributed by atoms with Crippen LogP contribution in [0.2, 0.25) is 5.02 Å². The quantitative estimate of drug-likeness (QED) is 0.815. The third kappa shape index (κ3) is 2.27. The summed E-state index contributed by atoms with van der Waals surface area (Å²) in [6.45, 7) is 0. The lowest BCUT2D eigenvalue weighted by molar-refractivity contribution is -0.0184. The third-order valence-electron chi connectivity index (χ3n) is 2.55. The molecule has 0 fully saturated rings. The number of nitrogens with one attached hydrogen (secondary N) is 1. The molecular formula is C9H7ClF3NO2S. The van der Waals surface area contributed by atoms with Gasteiger partial charge in [-0.2, -0.15) is 0 Å². The van der Waals surface area contributed by atoms with Crippen molar-refractivity contribution < 1.29 is 21.6 Å². The van der Waals surface area contributed by atoms with Crippen LogP contribution >= 0.6 is 11.6 Å². The average molecular weight is 286 g/mol. The van der Waals surface area contributed by atoms with E-state index in [1.54, 1.807) is 4.72 Å². The second-order valence-corrected chi connectivity index (χ2v) is 4.90. The lowest BCUT2D eigenvalue weighted by Gasteiger charge is -2.18. The van der Waals surface area contributed by atoms with E-state index in [2.05, 4.69) is 0 Å². The van der Waals surface area contributed by atoms with Crippen molar-refractivity contribution in [1.29, 1.82) is 0 Å². The van der Waals surface area contributed by atoms with Crippen LogP contribution in [0.3, 0.4) is 0 Å². The summed E-state index contributed by atoms with van der Waals surface area (Å²) >= 11 is 5.67. The first-order chi connectivity index (χ1) is 7.81. The summed E-state index contributed by atoms with van der Waals surface area (Å²) in [5.74, 6) is -4.04. The van der Waals surface area contributed by atoms with Gasteiger partial charge in [-0.15, -0.1) is 0 Å². The Balaban J connectivity index is 2.55. The van der Waals surface area contributed by atoms with E-state index in [-0.39, 0.29) is 16.1 Å². The van der Waals surface area contributed by atoms with Crippen molar-refractivity contribution >= 4 is 22.5 Å². The van der Waals surface area contributed by atoms with E-state index in [1.807, 2.05) is 0 Å². The van der Waals surface area contributed by atoms with E-state index in [1.165, 1.54) is 0 Å². The van der Waals surface area contributed by atoms with E-state index in [0.29, 0.717) is 0 Å². The smallest absolute Gasteiger partial charge is 0.215 e. The van der Waals surface area contributed by atoms with Gasteiger partial charge in [0.05, 0.1) is 0 Å². The Hall–Kier alpha value is -0.790. The average Bonchev–Trinajstić information content (AvgIpc) is 2.36. The maximum absolute atomic E-state index is 13.6. The summed E-state index contributed by atoms with van der Waals surface area (Å²) in [5, 5.41) is -0.202. The Labute approximate surface area is 102 Å². The molecule has 0 bridgehead atoms. The van der Waals surface area contributed by atoms with E-state index >= 15 is 0 Å². The standard InChI is InChI=1S/C9H7ClF3NO2S/c10-6-2-5(11)1-4-3-9(12,13)8(7(4)6)14-17(15)16/h1-2,8,17H,3H2,(H,14,15,16). The zero-order valence-corrected chi connectivity index (χ0v) is 9.87. The fourth-order valence-corrected chi connectivity index (χ4v) is 2.80. The highest BCUT2D eigenvalue weighted by molar-refractivity contribution is 7.70. The van der Waals surface area contributed by atoms with Crippen molar-refractivity contribution in [3.8, 4) is 0 Å². The minimum Gasteiger partial charge on any atom is -0.215 e. The van der Waals surface area contributed by atoms with Gasteiger partial charge in [0.25, 0.3) is 5.92 Å². The van der Waals surface area contributed by atoms with E-state index in [4.69, 9.17) is 11.6 Å². The van der Waals surface area contributed by atoms with Gasteiger partial charge in [-0.3, -0.25) is 0 Å². The first-order valence-electron chi connectivity index (χ1n) is 4.57. The normalized spacial score (nSPS) is 21.8. The Morgan fingerprint density at radius 1 is 1.41 bits per heavy atom. The first kappa shape index (κ1) is 12.7. The molecular weight excluding hydrogens is 279 g/mol. The van der Waals surface area contributed by atoms with E-state index in [9.17, 15) is 21.6 Å². The number of hydrogen-bond donors (Lipinski definition) is 2. The van der Waals surface area contributed by atoms with Crippen molar-refractivity contribution in [2.24, 2.45) is 0 Å². The van der Waals surface area contributed by atoms with Gasteiger partial charge >= 0.3 is 0 Å². The van der Waals surface area contributed by atoms with Crippen molar-refractivity contribution in [2.45, 2.75) is 18.4 Å². The van der Waals surface area contributed by atoms with Crippen molar-refractivity contribution in [2.75, 3.05) is 0 Å². The van der Waals surface area contributed by atoms with Gasteiger partial charge < -0.3 is 0 Å². The monoisotopic (exact) mass is 285 g/mol. The molecule has 1 aromatic rings. The molecule has 94 valence electrons. The molecule has 0 amide bonds. The van der Waals surface area contributed by atoms with Crippen LogP contribution in [0.4, 0.5) is 13.2 Å². The number of thiol groups is 1. The van der Waals surface area contributed by atoms with Crippen molar-refractivity contribution in [1.82, 2.24) is 4.72 Å². The molecule has 1 aliphatic carbocycles. The minimum absolute atomic E-state index is 0.0225. The molecule has 1 unspecified atom stereocenters. The molecule has 2 rings (SSSR count). The molecule has 3 nitrogen and oxygen atoms in total. The molecule has 0 saturated carbocycles. The van der Waals surface area contributed by atoms with E-state index in [0.717, 1.165) is 12.1 Å². The summed E-state index contributed by atoms with van der Waals surface area (Å²) in [5.41, 5.74) is -0.0355. The van der Waals surface area contributed by atoms with Crippen LogP contribution in [0.1, 0.15) is 17.2 Å². The van der Waals surface area contributed by atoms with Crippen LogP contribution in [0, 0.1) is 5.82 Å². The molecule has 1 atom stereocenters. The summed E-state index contributed by atoms with van der Waals surface area (Å²) in [6, 6.07) is 0.0925. The first-order valence-corrected chi connectivity index (χ1v) is 6.13. The Morgan fingerprint density at radius 2 is 2.06 bits per heavy atom. The number of alkyl halides is 2. The van der Waals surface area contributed by atoms with Gasteiger partial charge in [0.2, 0.25) is 10.9 Å². The Morgan fingerprint density at radius 3 is 2.65 bits per heavy atom. The Kier molecular flexibility index (Phi) is 3.09. The second-order valence-electron chi connectivity index (χ2n) is 3.72. The molecule has 1 aromatic carbocycles.